The minimum Gasteiger partial charge on any atom is -0.491 e. The highest BCUT2D eigenvalue weighted by molar-refractivity contribution is 9.10. The molecule has 0 amide bonds. The number of carbonyl (C=O) groups excluding carboxylic acids is 1. The molecular weight excluding hydrogens is 322 g/mol. The third kappa shape index (κ3) is 2.13. The molecule has 1 unspecified atom stereocenters. The highest BCUT2D eigenvalue weighted by Gasteiger charge is 2.41. The number of fused-ring (bicyclic) bond motifs is 1. The maximum Gasteiger partial charge on any atom is 0.189 e. The third-order valence-electron chi connectivity index (χ3n) is 3.30. The van der Waals surface area contributed by atoms with E-state index in [1.54, 1.807) is 18.3 Å². The highest BCUT2D eigenvalue weighted by Crippen LogP contribution is 2.36. The molecule has 0 saturated heterocycles. The number of nitrogens with zero attached hydrogens (tertiary/aromatic N) is 1. The minimum absolute atomic E-state index is 0.123. The minimum atomic E-state index is -1.05. The smallest absolute Gasteiger partial charge is 0.189 e. The standard InChI is InChI=1S/C15H12BrNO3/c16-15(8-18)9-20-13-5-4-10(7-11(13)14(15)19)12-3-1-2-6-17-12/h1-7,18H,8-9H2. The summed E-state index contributed by atoms with van der Waals surface area (Å²) in [7, 11) is 0. The average Bonchev–Trinajstić information content (AvgIpc) is 2.52. The molecule has 3 rings (SSSR count). The van der Waals surface area contributed by atoms with E-state index in [-0.39, 0.29) is 19.0 Å². The Labute approximate surface area is 124 Å². The van der Waals surface area contributed by atoms with Gasteiger partial charge in [0.2, 0.25) is 0 Å². The van der Waals surface area contributed by atoms with Crippen molar-refractivity contribution in [2.75, 3.05) is 13.2 Å². The normalized spacial score (nSPS) is 21.2. The number of carbonyl (C=O) groups is 1. The molecule has 2 heterocycles. The molecule has 5 heteroatoms. The van der Waals surface area contributed by atoms with Crippen LogP contribution in [0.5, 0.6) is 5.75 Å². The molecule has 0 fully saturated rings. The summed E-state index contributed by atoms with van der Waals surface area (Å²) >= 11 is 3.27. The van der Waals surface area contributed by atoms with Crippen LogP contribution in [0.4, 0.5) is 0 Å². The Morgan fingerprint density at radius 2 is 2.20 bits per heavy atom. The zero-order chi connectivity index (χ0) is 14.2. The van der Waals surface area contributed by atoms with E-state index >= 15 is 0 Å². The number of ketones is 1. The van der Waals surface area contributed by atoms with Crippen molar-refractivity contribution in [2.24, 2.45) is 0 Å². The maximum absolute atomic E-state index is 12.4. The number of rotatable bonds is 2. The van der Waals surface area contributed by atoms with Crippen LogP contribution < -0.4 is 4.74 Å². The van der Waals surface area contributed by atoms with E-state index in [0.29, 0.717) is 11.3 Å². The lowest BCUT2D eigenvalue weighted by Crippen LogP contribution is -2.45. The molecule has 1 aromatic heterocycles. The number of alkyl halides is 1. The second-order valence-electron chi connectivity index (χ2n) is 4.67. The molecule has 102 valence electrons. The van der Waals surface area contributed by atoms with Crippen LogP contribution in [0, 0.1) is 0 Å². The van der Waals surface area contributed by atoms with Gasteiger partial charge in [0.25, 0.3) is 0 Å². The summed E-state index contributed by atoms with van der Waals surface area (Å²) in [5.41, 5.74) is 2.10. The zero-order valence-corrected chi connectivity index (χ0v) is 12.1. The molecule has 1 aliphatic heterocycles. The van der Waals surface area contributed by atoms with Gasteiger partial charge in [-0.15, -0.1) is 0 Å². The lowest BCUT2D eigenvalue weighted by Gasteiger charge is -2.30. The number of halogens is 1. The number of Topliss-reactive ketones (excluding diaryl/α,β-unsaturated/α-hetero) is 1. The molecule has 0 radical (unpaired) electrons. The summed E-state index contributed by atoms with van der Waals surface area (Å²) in [6.07, 6.45) is 1.70. The van der Waals surface area contributed by atoms with Gasteiger partial charge in [-0.05, 0) is 30.3 Å². The van der Waals surface area contributed by atoms with E-state index in [4.69, 9.17) is 4.74 Å². The molecule has 1 aliphatic rings. The Morgan fingerprint density at radius 3 is 2.90 bits per heavy atom. The number of aliphatic hydroxyl groups is 1. The molecule has 2 aromatic rings. The molecule has 4 nitrogen and oxygen atoms in total. The van der Waals surface area contributed by atoms with Crippen LogP contribution in [0.15, 0.2) is 42.6 Å². The van der Waals surface area contributed by atoms with Crippen molar-refractivity contribution >= 4 is 21.7 Å². The van der Waals surface area contributed by atoms with E-state index in [1.165, 1.54) is 0 Å². The van der Waals surface area contributed by atoms with E-state index < -0.39 is 4.32 Å². The molecule has 0 aliphatic carbocycles. The van der Waals surface area contributed by atoms with E-state index in [9.17, 15) is 9.90 Å². The highest BCUT2D eigenvalue weighted by atomic mass is 79.9. The number of benzene rings is 1. The lowest BCUT2D eigenvalue weighted by molar-refractivity contribution is 0.0806. The Bertz CT molecular complexity index is 659. The van der Waals surface area contributed by atoms with Crippen molar-refractivity contribution in [2.45, 2.75) is 4.32 Å². The molecule has 1 N–H and O–H groups in total. The fourth-order valence-corrected chi connectivity index (χ4v) is 2.47. The van der Waals surface area contributed by atoms with Crippen LogP contribution in [0.1, 0.15) is 10.4 Å². The third-order valence-corrected chi connectivity index (χ3v) is 4.14. The van der Waals surface area contributed by atoms with Gasteiger partial charge in [0.05, 0.1) is 17.9 Å². The van der Waals surface area contributed by atoms with E-state index in [0.717, 1.165) is 11.3 Å². The van der Waals surface area contributed by atoms with Crippen molar-refractivity contribution in [3.05, 3.63) is 48.2 Å². The monoisotopic (exact) mass is 333 g/mol. The van der Waals surface area contributed by atoms with Crippen molar-refractivity contribution in [3.8, 4) is 17.0 Å². The van der Waals surface area contributed by atoms with Crippen molar-refractivity contribution in [1.82, 2.24) is 4.98 Å². The van der Waals surface area contributed by atoms with Crippen LogP contribution in [-0.4, -0.2) is 33.4 Å². The molecule has 0 saturated carbocycles. The predicted octanol–water partition coefficient (Wildman–Crippen LogP) is 2.45. The van der Waals surface area contributed by atoms with Gasteiger partial charge in [0, 0.05) is 11.8 Å². The summed E-state index contributed by atoms with van der Waals surface area (Å²) < 4.78 is 4.49. The van der Waals surface area contributed by atoms with Gasteiger partial charge in [-0.1, -0.05) is 22.0 Å². The SMILES string of the molecule is O=C1c2cc(-c3ccccn3)ccc2OCC1(Br)CO. The Morgan fingerprint density at radius 1 is 1.35 bits per heavy atom. The second-order valence-corrected chi connectivity index (χ2v) is 6.19. The van der Waals surface area contributed by atoms with Crippen LogP contribution >= 0.6 is 15.9 Å². The van der Waals surface area contributed by atoms with Gasteiger partial charge in [0.15, 0.2) is 5.78 Å². The number of aromatic nitrogens is 1. The quantitative estimate of drug-likeness (QED) is 0.857. The first-order chi connectivity index (χ1) is 9.64. The molecule has 1 aromatic carbocycles. The average molecular weight is 334 g/mol. The van der Waals surface area contributed by atoms with Crippen molar-refractivity contribution < 1.29 is 14.6 Å². The van der Waals surface area contributed by atoms with Gasteiger partial charge in [-0.3, -0.25) is 9.78 Å². The number of pyridine rings is 1. The van der Waals surface area contributed by atoms with E-state index in [2.05, 4.69) is 20.9 Å². The number of aliphatic hydroxyl groups excluding tert-OH is 1. The summed E-state index contributed by atoms with van der Waals surface area (Å²) in [5, 5.41) is 9.37. The fraction of sp³-hybridized carbons (Fsp3) is 0.200. The number of ether oxygens (including phenoxy) is 1. The van der Waals surface area contributed by atoms with Gasteiger partial charge in [-0.25, -0.2) is 0 Å². The van der Waals surface area contributed by atoms with Gasteiger partial charge >= 0.3 is 0 Å². The first kappa shape index (κ1) is 13.3. The van der Waals surface area contributed by atoms with Crippen LogP contribution in [0.3, 0.4) is 0 Å². The van der Waals surface area contributed by atoms with Crippen LogP contribution in [0.25, 0.3) is 11.3 Å². The van der Waals surface area contributed by atoms with Crippen molar-refractivity contribution in [3.63, 3.8) is 0 Å². The van der Waals surface area contributed by atoms with Crippen molar-refractivity contribution in [1.29, 1.82) is 0 Å². The van der Waals surface area contributed by atoms with Crippen LogP contribution in [0.2, 0.25) is 0 Å². The molecule has 0 bridgehead atoms. The fourth-order valence-electron chi connectivity index (χ4n) is 2.14. The maximum atomic E-state index is 12.4. The second kappa shape index (κ2) is 5.00. The molecule has 0 spiro atoms. The largest absolute Gasteiger partial charge is 0.491 e. The van der Waals surface area contributed by atoms with Gasteiger partial charge in [0.1, 0.15) is 16.7 Å². The van der Waals surface area contributed by atoms with Gasteiger partial charge in [-0.2, -0.15) is 0 Å². The van der Waals surface area contributed by atoms with Crippen LogP contribution in [-0.2, 0) is 0 Å². The Kier molecular flexibility index (Phi) is 3.31. The Balaban J connectivity index is 2.07. The predicted molar refractivity (Wildman–Crippen MR) is 78.2 cm³/mol. The first-order valence-electron chi connectivity index (χ1n) is 6.17. The molecule has 20 heavy (non-hydrogen) atoms. The zero-order valence-electron chi connectivity index (χ0n) is 10.5. The van der Waals surface area contributed by atoms with E-state index in [1.807, 2.05) is 24.3 Å². The number of hydrogen-bond donors (Lipinski definition) is 1. The molecular formula is C15H12BrNO3. The topological polar surface area (TPSA) is 59.4 Å². The summed E-state index contributed by atoms with van der Waals surface area (Å²) in [5.74, 6) is 0.372. The summed E-state index contributed by atoms with van der Waals surface area (Å²) in [6, 6.07) is 11.0. The van der Waals surface area contributed by atoms with Gasteiger partial charge < -0.3 is 9.84 Å². The number of hydrogen-bond acceptors (Lipinski definition) is 4. The Hall–Kier alpha value is -1.72. The lowest BCUT2D eigenvalue weighted by atomic mass is 9.93. The summed E-state index contributed by atoms with van der Waals surface area (Å²) in [4.78, 5) is 16.7. The molecule has 1 atom stereocenters. The summed E-state index contributed by atoms with van der Waals surface area (Å²) in [6.45, 7) is -0.183. The first-order valence-corrected chi connectivity index (χ1v) is 6.96.